The quantitative estimate of drug-likeness (QED) is 0.293. The molecule has 1 rings (SSSR count). The van der Waals surface area contributed by atoms with E-state index in [4.69, 9.17) is 0 Å². The molecule has 0 radical (unpaired) electrons. The SMILES string of the molecule is CN=C(NCCNC(C)(C)C)NC1CCCSC1.I. The summed E-state index contributed by atoms with van der Waals surface area (Å²) in [6, 6.07) is 0.575. The summed E-state index contributed by atoms with van der Waals surface area (Å²) in [6.07, 6.45) is 2.57. The van der Waals surface area contributed by atoms with Gasteiger partial charge in [0.05, 0.1) is 0 Å². The van der Waals surface area contributed by atoms with Crippen LogP contribution >= 0.6 is 35.7 Å². The Morgan fingerprint density at radius 1 is 1.32 bits per heavy atom. The minimum atomic E-state index is 0. The van der Waals surface area contributed by atoms with Crippen LogP contribution in [0.25, 0.3) is 0 Å². The van der Waals surface area contributed by atoms with Gasteiger partial charge in [-0.25, -0.2) is 0 Å². The van der Waals surface area contributed by atoms with E-state index in [0.29, 0.717) is 6.04 Å². The smallest absolute Gasteiger partial charge is 0.191 e. The maximum absolute atomic E-state index is 4.27. The maximum atomic E-state index is 4.27. The number of aliphatic imine (C=N–C) groups is 1. The van der Waals surface area contributed by atoms with Gasteiger partial charge in [0.15, 0.2) is 5.96 Å². The summed E-state index contributed by atoms with van der Waals surface area (Å²) in [7, 11) is 1.84. The lowest BCUT2D eigenvalue weighted by atomic mass is 10.1. The molecule has 1 aliphatic rings. The van der Waals surface area contributed by atoms with Crippen LogP contribution in [0.2, 0.25) is 0 Å². The summed E-state index contributed by atoms with van der Waals surface area (Å²) in [5, 5.41) is 10.3. The molecule has 1 unspecified atom stereocenters. The fourth-order valence-electron chi connectivity index (χ4n) is 1.86. The van der Waals surface area contributed by atoms with Crippen molar-refractivity contribution in [1.82, 2.24) is 16.0 Å². The molecule has 1 fully saturated rings. The Kier molecular flexibility index (Phi) is 10.3. The van der Waals surface area contributed by atoms with Gasteiger partial charge in [-0.15, -0.1) is 24.0 Å². The normalized spacial score (nSPS) is 20.6. The molecule has 0 aromatic carbocycles. The second-order valence-electron chi connectivity index (χ2n) is 5.73. The molecule has 0 aromatic rings. The van der Waals surface area contributed by atoms with Crippen molar-refractivity contribution >= 4 is 41.7 Å². The van der Waals surface area contributed by atoms with Crippen molar-refractivity contribution in [1.29, 1.82) is 0 Å². The fourth-order valence-corrected chi connectivity index (χ4v) is 2.93. The highest BCUT2D eigenvalue weighted by molar-refractivity contribution is 14.0. The lowest BCUT2D eigenvalue weighted by molar-refractivity contribution is 0.428. The van der Waals surface area contributed by atoms with E-state index in [1.807, 2.05) is 18.8 Å². The second kappa shape index (κ2) is 10.1. The van der Waals surface area contributed by atoms with Crippen molar-refractivity contribution in [2.24, 2.45) is 4.99 Å². The van der Waals surface area contributed by atoms with Crippen LogP contribution in [0.15, 0.2) is 4.99 Å². The van der Waals surface area contributed by atoms with Gasteiger partial charge < -0.3 is 16.0 Å². The summed E-state index contributed by atoms with van der Waals surface area (Å²) in [5.41, 5.74) is 0.179. The monoisotopic (exact) mass is 400 g/mol. The molecule has 1 atom stereocenters. The van der Waals surface area contributed by atoms with Gasteiger partial charge in [0.1, 0.15) is 0 Å². The number of hydrogen-bond acceptors (Lipinski definition) is 3. The third-order valence-electron chi connectivity index (χ3n) is 2.80. The zero-order valence-electron chi connectivity index (χ0n) is 12.6. The topological polar surface area (TPSA) is 48.5 Å². The first-order chi connectivity index (χ1) is 8.51. The van der Waals surface area contributed by atoms with E-state index in [9.17, 15) is 0 Å². The molecule has 1 aliphatic heterocycles. The standard InChI is InChI=1S/C13H28N4S.HI/c1-13(2,3)16-8-7-15-12(14-4)17-11-6-5-9-18-10-11;/h11,16H,5-10H2,1-4H3,(H2,14,15,17);1H. The van der Waals surface area contributed by atoms with E-state index in [0.717, 1.165) is 19.0 Å². The number of thioether (sulfide) groups is 1. The highest BCUT2D eigenvalue weighted by Gasteiger charge is 2.14. The molecule has 0 aliphatic carbocycles. The molecule has 4 nitrogen and oxygen atoms in total. The summed E-state index contributed by atoms with van der Waals surface area (Å²) in [5.74, 6) is 3.43. The Hall–Kier alpha value is 0.310. The van der Waals surface area contributed by atoms with Crippen LogP contribution in [-0.4, -0.2) is 49.2 Å². The maximum Gasteiger partial charge on any atom is 0.191 e. The zero-order chi connectivity index (χ0) is 13.4. The molecule has 0 amide bonds. The van der Waals surface area contributed by atoms with Crippen LogP contribution in [0.5, 0.6) is 0 Å². The van der Waals surface area contributed by atoms with E-state index in [1.54, 1.807) is 0 Å². The first kappa shape index (κ1) is 19.3. The Morgan fingerprint density at radius 3 is 2.58 bits per heavy atom. The van der Waals surface area contributed by atoms with Crippen molar-refractivity contribution in [2.75, 3.05) is 31.6 Å². The van der Waals surface area contributed by atoms with Crippen molar-refractivity contribution in [3.8, 4) is 0 Å². The Morgan fingerprint density at radius 2 is 2.05 bits per heavy atom. The molecule has 19 heavy (non-hydrogen) atoms. The summed E-state index contributed by atoms with van der Waals surface area (Å²) in [6.45, 7) is 8.39. The number of guanidine groups is 1. The predicted octanol–water partition coefficient (Wildman–Crippen LogP) is 2.05. The van der Waals surface area contributed by atoms with E-state index in [-0.39, 0.29) is 29.5 Å². The van der Waals surface area contributed by atoms with Crippen molar-refractivity contribution < 1.29 is 0 Å². The summed E-state index contributed by atoms with van der Waals surface area (Å²) in [4.78, 5) is 4.27. The van der Waals surface area contributed by atoms with Crippen molar-refractivity contribution in [3.63, 3.8) is 0 Å². The molecule has 0 aromatic heterocycles. The number of nitrogens with zero attached hydrogens (tertiary/aromatic N) is 1. The van der Waals surface area contributed by atoms with Crippen molar-refractivity contribution in [3.05, 3.63) is 0 Å². The molecular formula is C13H29IN4S. The lowest BCUT2D eigenvalue weighted by Gasteiger charge is -2.25. The summed E-state index contributed by atoms with van der Waals surface area (Å²) < 4.78 is 0. The van der Waals surface area contributed by atoms with Gasteiger partial charge in [-0.1, -0.05) is 0 Å². The number of nitrogens with one attached hydrogen (secondary N) is 3. The first-order valence-electron chi connectivity index (χ1n) is 6.81. The molecule has 0 saturated carbocycles. The third-order valence-corrected chi connectivity index (χ3v) is 4.01. The van der Waals surface area contributed by atoms with Crippen LogP contribution in [0, 0.1) is 0 Å². The van der Waals surface area contributed by atoms with E-state index >= 15 is 0 Å². The Balaban J connectivity index is 0.00000324. The minimum absolute atomic E-state index is 0. The van der Waals surface area contributed by atoms with Gasteiger partial charge in [-0.05, 0) is 39.4 Å². The van der Waals surface area contributed by atoms with Crippen LogP contribution < -0.4 is 16.0 Å². The van der Waals surface area contributed by atoms with Gasteiger partial charge in [-0.2, -0.15) is 11.8 Å². The highest BCUT2D eigenvalue weighted by Crippen LogP contribution is 2.16. The second-order valence-corrected chi connectivity index (χ2v) is 6.88. The highest BCUT2D eigenvalue weighted by atomic mass is 127. The average Bonchev–Trinajstić information content (AvgIpc) is 2.33. The Labute approximate surface area is 139 Å². The molecule has 1 saturated heterocycles. The molecule has 0 spiro atoms. The average molecular weight is 400 g/mol. The van der Waals surface area contributed by atoms with Crippen molar-refractivity contribution in [2.45, 2.75) is 45.2 Å². The van der Waals surface area contributed by atoms with Gasteiger partial charge >= 0.3 is 0 Å². The van der Waals surface area contributed by atoms with Gasteiger partial charge in [0.2, 0.25) is 0 Å². The van der Waals surface area contributed by atoms with Crippen LogP contribution in [-0.2, 0) is 0 Å². The molecule has 1 heterocycles. The number of halogens is 1. The Bertz CT molecular complexity index is 260. The minimum Gasteiger partial charge on any atom is -0.355 e. The first-order valence-corrected chi connectivity index (χ1v) is 7.97. The van der Waals surface area contributed by atoms with E-state index in [1.165, 1.54) is 24.3 Å². The molecule has 0 bridgehead atoms. The van der Waals surface area contributed by atoms with Crippen LogP contribution in [0.3, 0.4) is 0 Å². The predicted molar refractivity (Wildman–Crippen MR) is 98.0 cm³/mol. The van der Waals surface area contributed by atoms with Gasteiger partial charge in [0.25, 0.3) is 0 Å². The zero-order valence-corrected chi connectivity index (χ0v) is 15.7. The fraction of sp³-hybridized carbons (Fsp3) is 0.923. The van der Waals surface area contributed by atoms with E-state index < -0.39 is 0 Å². The molecule has 3 N–H and O–H groups in total. The van der Waals surface area contributed by atoms with Crippen LogP contribution in [0.1, 0.15) is 33.6 Å². The largest absolute Gasteiger partial charge is 0.355 e. The van der Waals surface area contributed by atoms with E-state index in [2.05, 4.69) is 41.7 Å². The van der Waals surface area contributed by atoms with Crippen LogP contribution in [0.4, 0.5) is 0 Å². The van der Waals surface area contributed by atoms with Gasteiger partial charge in [-0.3, -0.25) is 4.99 Å². The third kappa shape index (κ3) is 9.79. The molecule has 6 heteroatoms. The van der Waals surface area contributed by atoms with Gasteiger partial charge in [0, 0.05) is 37.5 Å². The number of hydrogen-bond donors (Lipinski definition) is 3. The molecular weight excluding hydrogens is 371 g/mol. The lowest BCUT2D eigenvalue weighted by Crippen LogP contribution is -2.48. The summed E-state index contributed by atoms with van der Waals surface area (Å²) >= 11 is 2.03. The molecule has 114 valence electrons. The number of rotatable bonds is 4.